The Labute approximate surface area is 110 Å². The normalized spacial score (nSPS) is 10.9. The predicted molar refractivity (Wildman–Crippen MR) is 79.8 cm³/mol. The first-order valence-corrected chi connectivity index (χ1v) is 7.09. The molecule has 2 rings (SSSR count). The Morgan fingerprint density at radius 2 is 1.72 bits per heavy atom. The number of hydrogen-bond donors (Lipinski definition) is 1. The third kappa shape index (κ3) is 3.58. The van der Waals surface area contributed by atoms with Gasteiger partial charge >= 0.3 is 0 Å². The second-order valence-corrected chi connectivity index (χ2v) is 4.88. The van der Waals surface area contributed by atoms with Gasteiger partial charge in [-0.1, -0.05) is 68.7 Å². The van der Waals surface area contributed by atoms with Crippen molar-refractivity contribution in [1.82, 2.24) is 5.32 Å². The molecule has 18 heavy (non-hydrogen) atoms. The van der Waals surface area contributed by atoms with Crippen LogP contribution in [0.1, 0.15) is 38.2 Å². The second-order valence-electron chi connectivity index (χ2n) is 4.88. The first kappa shape index (κ1) is 13.1. The monoisotopic (exact) mass is 241 g/mol. The molecule has 0 atom stereocenters. The molecule has 0 heterocycles. The molecular formula is C17H23N. The lowest BCUT2D eigenvalue weighted by atomic mass is 10.0. The quantitative estimate of drug-likeness (QED) is 0.703. The highest BCUT2D eigenvalue weighted by atomic mass is 14.8. The Morgan fingerprint density at radius 1 is 0.889 bits per heavy atom. The van der Waals surface area contributed by atoms with Crippen LogP contribution in [0.3, 0.4) is 0 Å². The van der Waals surface area contributed by atoms with Crippen molar-refractivity contribution in [3.8, 4) is 0 Å². The third-order valence-electron chi connectivity index (χ3n) is 3.40. The molecule has 0 saturated heterocycles. The molecular weight excluding hydrogens is 218 g/mol. The summed E-state index contributed by atoms with van der Waals surface area (Å²) >= 11 is 0. The van der Waals surface area contributed by atoms with Crippen molar-refractivity contribution in [2.45, 2.75) is 39.2 Å². The maximum atomic E-state index is 3.55. The second kappa shape index (κ2) is 7.17. The smallest absolute Gasteiger partial charge is 0.0211 e. The summed E-state index contributed by atoms with van der Waals surface area (Å²) in [6.07, 6.45) is 5.30. The fourth-order valence-corrected chi connectivity index (χ4v) is 2.35. The van der Waals surface area contributed by atoms with Gasteiger partial charge in [0.2, 0.25) is 0 Å². The Kier molecular flexibility index (Phi) is 5.22. The lowest BCUT2D eigenvalue weighted by Crippen LogP contribution is -2.14. The van der Waals surface area contributed by atoms with Crippen molar-refractivity contribution >= 4 is 10.8 Å². The first-order chi connectivity index (χ1) is 8.92. The molecule has 0 radical (unpaired) electrons. The highest BCUT2D eigenvalue weighted by Gasteiger charge is 1.99. The average molecular weight is 241 g/mol. The highest BCUT2D eigenvalue weighted by Crippen LogP contribution is 2.18. The van der Waals surface area contributed by atoms with Crippen molar-refractivity contribution in [2.75, 3.05) is 6.54 Å². The number of benzene rings is 2. The van der Waals surface area contributed by atoms with Crippen LogP contribution in [0.4, 0.5) is 0 Å². The molecule has 0 amide bonds. The van der Waals surface area contributed by atoms with Crippen LogP contribution >= 0.6 is 0 Å². The van der Waals surface area contributed by atoms with E-state index in [0.29, 0.717) is 0 Å². The van der Waals surface area contributed by atoms with E-state index >= 15 is 0 Å². The number of rotatable bonds is 7. The standard InChI is InChI=1S/C17H23N/c1-2-3-4-7-13-18-14-16-11-8-10-15-9-5-6-12-17(15)16/h5-6,8-12,18H,2-4,7,13-14H2,1H3. The topological polar surface area (TPSA) is 12.0 Å². The van der Waals surface area contributed by atoms with Gasteiger partial charge in [-0.25, -0.2) is 0 Å². The lowest BCUT2D eigenvalue weighted by molar-refractivity contribution is 0.599. The Morgan fingerprint density at radius 3 is 2.61 bits per heavy atom. The molecule has 1 nitrogen and oxygen atoms in total. The van der Waals surface area contributed by atoms with E-state index in [4.69, 9.17) is 0 Å². The fraction of sp³-hybridized carbons (Fsp3) is 0.412. The summed E-state index contributed by atoms with van der Waals surface area (Å²) in [5.41, 5.74) is 1.41. The molecule has 0 aromatic heterocycles. The predicted octanol–water partition coefficient (Wildman–Crippen LogP) is 4.51. The highest BCUT2D eigenvalue weighted by molar-refractivity contribution is 5.85. The average Bonchev–Trinajstić information content (AvgIpc) is 2.43. The zero-order valence-corrected chi connectivity index (χ0v) is 11.3. The molecule has 2 aromatic rings. The van der Waals surface area contributed by atoms with Crippen molar-refractivity contribution in [1.29, 1.82) is 0 Å². The lowest BCUT2D eigenvalue weighted by Gasteiger charge is -2.08. The van der Waals surface area contributed by atoms with Crippen LogP contribution < -0.4 is 5.32 Å². The van der Waals surface area contributed by atoms with Crippen molar-refractivity contribution in [3.63, 3.8) is 0 Å². The fourth-order valence-electron chi connectivity index (χ4n) is 2.35. The molecule has 96 valence electrons. The molecule has 1 heteroatoms. The van der Waals surface area contributed by atoms with Crippen LogP contribution in [-0.4, -0.2) is 6.54 Å². The Balaban J connectivity index is 1.88. The zero-order valence-electron chi connectivity index (χ0n) is 11.3. The van der Waals surface area contributed by atoms with E-state index in [0.717, 1.165) is 13.1 Å². The van der Waals surface area contributed by atoms with Crippen molar-refractivity contribution < 1.29 is 0 Å². The van der Waals surface area contributed by atoms with Crippen LogP contribution in [0.25, 0.3) is 10.8 Å². The molecule has 2 aromatic carbocycles. The number of hydrogen-bond acceptors (Lipinski definition) is 1. The van der Waals surface area contributed by atoms with E-state index < -0.39 is 0 Å². The van der Waals surface area contributed by atoms with Gasteiger partial charge in [0.15, 0.2) is 0 Å². The number of fused-ring (bicyclic) bond motifs is 1. The molecule has 0 spiro atoms. The van der Waals surface area contributed by atoms with E-state index in [-0.39, 0.29) is 0 Å². The van der Waals surface area contributed by atoms with Crippen molar-refractivity contribution in [2.24, 2.45) is 0 Å². The SMILES string of the molecule is CCCCCCNCc1cccc2ccccc12. The van der Waals surface area contributed by atoms with Crippen LogP contribution in [-0.2, 0) is 6.54 Å². The van der Waals surface area contributed by atoms with Crippen LogP contribution in [0, 0.1) is 0 Å². The summed E-state index contributed by atoms with van der Waals surface area (Å²) in [6, 6.07) is 15.2. The van der Waals surface area contributed by atoms with E-state index in [1.807, 2.05) is 0 Å². The number of unbranched alkanes of at least 4 members (excludes halogenated alkanes) is 3. The third-order valence-corrected chi connectivity index (χ3v) is 3.40. The molecule has 0 bridgehead atoms. The minimum Gasteiger partial charge on any atom is -0.313 e. The first-order valence-electron chi connectivity index (χ1n) is 7.09. The minimum atomic E-state index is 0.980. The maximum absolute atomic E-state index is 3.55. The van der Waals surface area contributed by atoms with E-state index in [2.05, 4.69) is 54.7 Å². The van der Waals surface area contributed by atoms with Crippen LogP contribution in [0.2, 0.25) is 0 Å². The Hall–Kier alpha value is -1.34. The van der Waals surface area contributed by atoms with Gasteiger partial charge < -0.3 is 5.32 Å². The van der Waals surface area contributed by atoms with Crippen molar-refractivity contribution in [3.05, 3.63) is 48.0 Å². The van der Waals surface area contributed by atoms with E-state index in [9.17, 15) is 0 Å². The molecule has 0 fully saturated rings. The zero-order chi connectivity index (χ0) is 12.6. The van der Waals surface area contributed by atoms with Gasteiger partial charge in [0, 0.05) is 6.54 Å². The van der Waals surface area contributed by atoms with Gasteiger partial charge in [0.05, 0.1) is 0 Å². The molecule has 1 N–H and O–H groups in total. The van der Waals surface area contributed by atoms with Gasteiger partial charge in [-0.3, -0.25) is 0 Å². The summed E-state index contributed by atoms with van der Waals surface area (Å²) in [5.74, 6) is 0. The van der Waals surface area contributed by atoms with E-state index in [1.54, 1.807) is 0 Å². The Bertz CT molecular complexity index is 470. The summed E-state index contributed by atoms with van der Waals surface area (Å²) in [6.45, 7) is 4.36. The van der Waals surface area contributed by atoms with E-state index in [1.165, 1.54) is 42.0 Å². The summed E-state index contributed by atoms with van der Waals surface area (Å²) in [7, 11) is 0. The maximum Gasteiger partial charge on any atom is 0.0211 e. The molecule has 0 unspecified atom stereocenters. The molecule has 0 aliphatic heterocycles. The minimum absolute atomic E-state index is 0.980. The van der Waals surface area contributed by atoms with Gasteiger partial charge in [-0.2, -0.15) is 0 Å². The van der Waals surface area contributed by atoms with Gasteiger partial charge in [-0.05, 0) is 29.3 Å². The van der Waals surface area contributed by atoms with Gasteiger partial charge in [-0.15, -0.1) is 0 Å². The van der Waals surface area contributed by atoms with Gasteiger partial charge in [0.25, 0.3) is 0 Å². The van der Waals surface area contributed by atoms with Crippen LogP contribution in [0.5, 0.6) is 0 Å². The van der Waals surface area contributed by atoms with Gasteiger partial charge in [0.1, 0.15) is 0 Å². The summed E-state index contributed by atoms with van der Waals surface area (Å²) < 4.78 is 0. The largest absolute Gasteiger partial charge is 0.313 e. The molecule has 0 aliphatic rings. The number of nitrogens with one attached hydrogen (secondary N) is 1. The van der Waals surface area contributed by atoms with Crippen LogP contribution in [0.15, 0.2) is 42.5 Å². The summed E-state index contributed by atoms with van der Waals surface area (Å²) in [5, 5.41) is 6.26. The molecule has 0 aliphatic carbocycles. The molecule has 0 saturated carbocycles. The summed E-state index contributed by atoms with van der Waals surface area (Å²) in [4.78, 5) is 0.